The number of aliphatic hydroxyl groups is 1. The Labute approximate surface area is 388 Å². The molecule has 6 rings (SSSR count). The molecule has 65 heavy (non-hydrogen) atoms. The maximum atomic E-state index is 11.7. The van der Waals surface area contributed by atoms with Gasteiger partial charge in [-0.1, -0.05) is 102 Å². The summed E-state index contributed by atoms with van der Waals surface area (Å²) in [5.74, 6) is 13.7. The van der Waals surface area contributed by atoms with Crippen molar-refractivity contribution in [3.05, 3.63) is 119 Å². The van der Waals surface area contributed by atoms with Crippen LogP contribution in [0.2, 0.25) is 0 Å². The lowest BCUT2D eigenvalue weighted by Gasteiger charge is -2.21. The van der Waals surface area contributed by atoms with Crippen molar-refractivity contribution in [1.82, 2.24) is 0 Å². The Bertz CT molecular complexity index is 2250. The highest BCUT2D eigenvalue weighted by atomic mass is 16.5. The van der Waals surface area contributed by atoms with Crippen molar-refractivity contribution >= 4 is 11.9 Å². The summed E-state index contributed by atoms with van der Waals surface area (Å²) in [6, 6.07) is 31.1. The summed E-state index contributed by atoms with van der Waals surface area (Å²) in [6.07, 6.45) is 4.86. The Balaban J connectivity index is 0.000000236. The first-order valence-electron chi connectivity index (χ1n) is 22.4. The third kappa shape index (κ3) is 17.2. The smallest absolute Gasteiger partial charge is 0.307 e. The van der Waals surface area contributed by atoms with E-state index in [9.17, 15) is 14.7 Å². The molecule has 2 N–H and O–H groups in total. The van der Waals surface area contributed by atoms with E-state index in [1.54, 1.807) is 38.1 Å². The third-order valence-corrected chi connectivity index (χ3v) is 11.7. The number of benzene rings is 4. The summed E-state index contributed by atoms with van der Waals surface area (Å²) in [4.78, 5) is 22.9. The average molecular weight is 887 g/mol. The molecule has 2 atom stereocenters. The molecule has 0 spiro atoms. The van der Waals surface area contributed by atoms with Gasteiger partial charge in [0.15, 0.2) is 0 Å². The van der Waals surface area contributed by atoms with Crippen molar-refractivity contribution in [2.24, 2.45) is 10.8 Å². The predicted octanol–water partition coefficient (Wildman–Crippen LogP) is 11.1. The number of phenols is 1. The van der Waals surface area contributed by atoms with Crippen LogP contribution >= 0.6 is 0 Å². The second-order valence-electron chi connectivity index (χ2n) is 19.2. The van der Waals surface area contributed by atoms with Gasteiger partial charge in [-0.15, -0.1) is 11.8 Å². The van der Waals surface area contributed by atoms with E-state index in [1.165, 1.54) is 25.3 Å². The normalized spacial score (nSPS) is 14.9. The fraction of sp³-hybridized carbons (Fsp3) is 0.464. The molecule has 0 aliphatic heterocycles. The molecule has 9 heteroatoms. The van der Waals surface area contributed by atoms with Gasteiger partial charge in [-0.2, -0.15) is 0 Å². The molecule has 2 aliphatic rings. The number of methoxy groups -OCH3 is 2. The van der Waals surface area contributed by atoms with E-state index in [2.05, 4.69) is 100 Å². The second kappa shape index (κ2) is 23.9. The van der Waals surface area contributed by atoms with Gasteiger partial charge in [0, 0.05) is 10.8 Å². The maximum Gasteiger partial charge on any atom is 0.307 e. The molecular formula is C56H70O9. The Morgan fingerprint density at radius 2 is 0.969 bits per heavy atom. The topological polar surface area (TPSA) is 121 Å². The lowest BCUT2D eigenvalue weighted by atomic mass is 9.87. The molecule has 2 aliphatic carbocycles. The summed E-state index contributed by atoms with van der Waals surface area (Å²) in [7, 11) is 2.75. The van der Waals surface area contributed by atoms with Crippen molar-refractivity contribution in [3.63, 3.8) is 0 Å². The van der Waals surface area contributed by atoms with Crippen LogP contribution in [0.1, 0.15) is 128 Å². The van der Waals surface area contributed by atoms with Crippen LogP contribution in [0, 0.1) is 34.5 Å². The first-order valence-corrected chi connectivity index (χ1v) is 22.4. The van der Waals surface area contributed by atoms with Gasteiger partial charge in [-0.3, -0.25) is 9.59 Å². The SMILES string of the molecule is CC#CC(CC(=O)OC)c1ccc(O)cc1.CC#CC(CC(=O)OC)c1ccc(OCC2(COc3cccc(C(C)(C)C)c3)CC2)cc1.CC(C)(C)c1cccc(OCC2(CO)CC2)c1. The number of aliphatic hydroxyl groups excluding tert-OH is 1. The first-order chi connectivity index (χ1) is 30.9. The van der Waals surface area contributed by atoms with E-state index in [1.807, 2.05) is 42.5 Å². The number of hydrogen-bond donors (Lipinski definition) is 2. The Morgan fingerprint density at radius 1 is 0.585 bits per heavy atom. The molecule has 0 amide bonds. The molecule has 0 aromatic heterocycles. The van der Waals surface area contributed by atoms with Crippen LogP contribution in [0.5, 0.6) is 23.0 Å². The number of carbonyl (C=O) groups excluding carboxylic acids is 2. The van der Waals surface area contributed by atoms with Crippen molar-refractivity contribution in [1.29, 1.82) is 0 Å². The molecule has 4 aromatic rings. The van der Waals surface area contributed by atoms with Crippen LogP contribution in [0.15, 0.2) is 97.1 Å². The Hall–Kier alpha value is -5.90. The summed E-state index contributed by atoms with van der Waals surface area (Å²) in [6.45, 7) is 18.9. The molecule has 2 unspecified atom stereocenters. The minimum atomic E-state index is -0.291. The minimum absolute atomic E-state index is 0.0533. The average Bonchev–Trinajstić information content (AvgIpc) is 4.24. The molecule has 0 radical (unpaired) electrons. The highest BCUT2D eigenvalue weighted by Crippen LogP contribution is 2.47. The highest BCUT2D eigenvalue weighted by Gasteiger charge is 2.45. The molecular weight excluding hydrogens is 817 g/mol. The molecule has 0 bridgehead atoms. The van der Waals surface area contributed by atoms with Crippen LogP contribution in [0.25, 0.3) is 0 Å². The van der Waals surface area contributed by atoms with Crippen LogP contribution in [-0.2, 0) is 29.9 Å². The molecule has 9 nitrogen and oxygen atoms in total. The van der Waals surface area contributed by atoms with Gasteiger partial charge in [0.2, 0.25) is 0 Å². The second-order valence-corrected chi connectivity index (χ2v) is 19.2. The lowest BCUT2D eigenvalue weighted by molar-refractivity contribution is -0.141. The Kier molecular flexibility index (Phi) is 19.0. The first kappa shape index (κ1) is 51.7. The summed E-state index contributed by atoms with van der Waals surface area (Å²) >= 11 is 0. The summed E-state index contributed by atoms with van der Waals surface area (Å²) in [5, 5.41) is 18.4. The number of rotatable bonds is 16. The maximum absolute atomic E-state index is 11.7. The fourth-order valence-electron chi connectivity index (χ4n) is 6.70. The largest absolute Gasteiger partial charge is 0.508 e. The molecule has 4 aromatic carbocycles. The van der Waals surface area contributed by atoms with Crippen molar-refractivity contribution in [2.45, 2.75) is 117 Å². The quantitative estimate of drug-likeness (QED) is 0.0837. The van der Waals surface area contributed by atoms with Crippen LogP contribution in [0.4, 0.5) is 0 Å². The van der Waals surface area contributed by atoms with E-state index in [0.717, 1.165) is 54.1 Å². The monoisotopic (exact) mass is 887 g/mol. The zero-order chi connectivity index (χ0) is 47.7. The molecule has 2 saturated carbocycles. The van der Waals surface area contributed by atoms with E-state index in [4.69, 9.17) is 24.1 Å². The molecule has 348 valence electrons. The number of carbonyl (C=O) groups is 2. The van der Waals surface area contributed by atoms with Gasteiger partial charge in [0.25, 0.3) is 0 Å². The predicted molar refractivity (Wildman–Crippen MR) is 257 cm³/mol. The van der Waals surface area contributed by atoms with Crippen molar-refractivity contribution < 1.29 is 43.5 Å². The van der Waals surface area contributed by atoms with E-state index in [0.29, 0.717) is 19.8 Å². The number of phenolic OH excluding ortho intramolecular Hbond substituents is 1. The number of ether oxygens (including phenoxy) is 5. The third-order valence-electron chi connectivity index (χ3n) is 11.7. The van der Waals surface area contributed by atoms with Crippen LogP contribution < -0.4 is 14.2 Å². The number of aromatic hydroxyl groups is 1. The van der Waals surface area contributed by atoms with Gasteiger partial charge in [-0.25, -0.2) is 0 Å². The van der Waals surface area contributed by atoms with Crippen LogP contribution in [0.3, 0.4) is 0 Å². The van der Waals surface area contributed by atoms with Gasteiger partial charge in [0.05, 0.1) is 65.3 Å². The van der Waals surface area contributed by atoms with Crippen molar-refractivity contribution in [2.75, 3.05) is 40.6 Å². The van der Waals surface area contributed by atoms with E-state index in [-0.39, 0.29) is 70.6 Å². The van der Waals surface area contributed by atoms with Gasteiger partial charge < -0.3 is 33.9 Å². The number of hydrogen-bond acceptors (Lipinski definition) is 9. The Morgan fingerprint density at radius 3 is 1.32 bits per heavy atom. The fourth-order valence-corrected chi connectivity index (χ4v) is 6.70. The summed E-state index contributed by atoms with van der Waals surface area (Å²) in [5.41, 5.74) is 4.82. The number of esters is 2. The summed E-state index contributed by atoms with van der Waals surface area (Å²) < 4.78 is 27.4. The highest BCUT2D eigenvalue weighted by molar-refractivity contribution is 5.71. The van der Waals surface area contributed by atoms with E-state index < -0.39 is 0 Å². The lowest BCUT2D eigenvalue weighted by Crippen LogP contribution is -2.21. The van der Waals surface area contributed by atoms with Gasteiger partial charge in [-0.05, 0) is 121 Å². The molecule has 2 fully saturated rings. The zero-order valence-corrected chi connectivity index (χ0v) is 40.2. The minimum Gasteiger partial charge on any atom is -0.508 e. The zero-order valence-electron chi connectivity index (χ0n) is 40.2. The standard InChI is InChI=1S/C28H34O4.C15H22O2.C13H14O3/c1-6-8-22(17-26(29)30-5)21-11-13-24(14-12-21)31-19-28(15-16-28)20-32-25-10-7-9-23(18-25)27(2,3)4;1-14(2,3)12-5-4-6-13(9-12)17-11-15(10-16)7-8-15;1-3-4-11(9-13(15)16-2)10-5-7-12(14)8-6-10/h7,9-14,18,22H,15-17,19-20H2,1-5H3;4-6,9,16H,7-8,10-11H2,1-3H3;5-8,11,14H,9H2,1-2H3. The molecule has 0 heterocycles. The molecule has 0 saturated heterocycles. The van der Waals surface area contributed by atoms with Gasteiger partial charge >= 0.3 is 11.9 Å². The van der Waals surface area contributed by atoms with Gasteiger partial charge in [0.1, 0.15) is 23.0 Å². The van der Waals surface area contributed by atoms with Crippen LogP contribution in [-0.4, -0.2) is 62.8 Å². The van der Waals surface area contributed by atoms with E-state index >= 15 is 0 Å². The van der Waals surface area contributed by atoms with Crippen molar-refractivity contribution in [3.8, 4) is 46.7 Å².